The maximum Gasteiger partial charge on any atom is 0.254 e. The highest BCUT2D eigenvalue weighted by Crippen LogP contribution is 2.25. The summed E-state index contributed by atoms with van der Waals surface area (Å²) in [5.41, 5.74) is 5.43. The fraction of sp³-hybridized carbons (Fsp3) is 0.321. The largest absolute Gasteiger partial charge is 0.335 e. The first-order valence-electron chi connectivity index (χ1n) is 11.4. The second-order valence-electron chi connectivity index (χ2n) is 8.91. The van der Waals surface area contributed by atoms with Gasteiger partial charge < -0.3 is 10.2 Å². The predicted molar refractivity (Wildman–Crippen MR) is 132 cm³/mol. The molecule has 1 N–H and O–H groups in total. The van der Waals surface area contributed by atoms with Crippen LogP contribution in [0.4, 0.5) is 0 Å². The molecule has 0 aromatic heterocycles. The first-order valence-corrected chi connectivity index (χ1v) is 11.8. The van der Waals surface area contributed by atoms with Gasteiger partial charge in [0.1, 0.15) is 0 Å². The third-order valence-corrected chi connectivity index (χ3v) is 6.67. The van der Waals surface area contributed by atoms with Crippen LogP contribution < -0.4 is 5.32 Å². The summed E-state index contributed by atoms with van der Waals surface area (Å²) >= 11 is 6.34. The first kappa shape index (κ1) is 22.6. The van der Waals surface area contributed by atoms with E-state index in [4.69, 9.17) is 11.6 Å². The van der Waals surface area contributed by atoms with Gasteiger partial charge in [-0.05, 0) is 62.4 Å². The van der Waals surface area contributed by atoms with E-state index in [0.29, 0.717) is 6.04 Å². The zero-order valence-electron chi connectivity index (χ0n) is 18.9. The van der Waals surface area contributed by atoms with Crippen molar-refractivity contribution in [2.45, 2.75) is 51.7 Å². The van der Waals surface area contributed by atoms with E-state index < -0.39 is 0 Å². The lowest BCUT2D eigenvalue weighted by Crippen LogP contribution is -2.51. The molecule has 4 heteroatoms. The summed E-state index contributed by atoms with van der Waals surface area (Å²) in [6, 6.07) is 25.1. The number of rotatable bonds is 6. The Morgan fingerprint density at radius 3 is 2.41 bits per heavy atom. The summed E-state index contributed by atoms with van der Waals surface area (Å²) in [6.45, 7) is 5.60. The van der Waals surface area contributed by atoms with Crippen LogP contribution in [0.1, 0.15) is 45.5 Å². The summed E-state index contributed by atoms with van der Waals surface area (Å²) in [5, 5.41) is 4.48. The smallest absolute Gasteiger partial charge is 0.254 e. The van der Waals surface area contributed by atoms with Crippen molar-refractivity contribution in [1.82, 2.24) is 10.2 Å². The van der Waals surface area contributed by atoms with Crippen LogP contribution in [0.3, 0.4) is 0 Å². The number of nitrogens with one attached hydrogen (secondary N) is 1. The molecule has 166 valence electrons. The Labute approximate surface area is 196 Å². The number of carbonyl (C=O) groups is 1. The second-order valence-corrected chi connectivity index (χ2v) is 9.32. The average Bonchev–Trinajstić information content (AvgIpc) is 2.78. The van der Waals surface area contributed by atoms with Crippen molar-refractivity contribution in [3.8, 4) is 0 Å². The van der Waals surface area contributed by atoms with E-state index in [1.807, 2.05) is 36.4 Å². The van der Waals surface area contributed by atoms with Gasteiger partial charge in [-0.2, -0.15) is 0 Å². The fourth-order valence-corrected chi connectivity index (χ4v) is 4.95. The number of nitrogens with zero attached hydrogens (tertiary/aromatic N) is 1. The lowest BCUT2D eigenvalue weighted by molar-refractivity contribution is 0.0576. The molecule has 3 nitrogen and oxygen atoms in total. The minimum Gasteiger partial charge on any atom is -0.335 e. The van der Waals surface area contributed by atoms with Gasteiger partial charge in [0.05, 0.1) is 0 Å². The highest BCUT2D eigenvalue weighted by molar-refractivity contribution is 6.31. The van der Waals surface area contributed by atoms with Crippen molar-refractivity contribution in [3.05, 3.63) is 106 Å². The molecule has 0 aliphatic carbocycles. The third kappa shape index (κ3) is 5.59. The second kappa shape index (κ2) is 10.3. The molecule has 1 saturated heterocycles. The highest BCUT2D eigenvalue weighted by Gasteiger charge is 2.32. The van der Waals surface area contributed by atoms with E-state index in [1.165, 1.54) is 5.56 Å². The maximum absolute atomic E-state index is 13.5. The zero-order chi connectivity index (χ0) is 22.5. The molecule has 0 saturated carbocycles. The Morgan fingerprint density at radius 1 is 1.00 bits per heavy atom. The van der Waals surface area contributed by atoms with Gasteiger partial charge in [-0.3, -0.25) is 4.79 Å². The van der Waals surface area contributed by atoms with Crippen LogP contribution in [0.5, 0.6) is 0 Å². The Balaban J connectivity index is 1.51. The molecule has 4 rings (SSSR count). The standard InChI is InChI=1S/C28H31ClN2O/c1-20-14-21(2)16-24(15-20)28(32)31-13-12-25(30-19-23-10-6-7-11-27(23)29)18-26(31)17-22-8-4-3-5-9-22/h3-11,14-16,25-26,30H,12-13,17-19H2,1-2H3/t25-,26+/m0/s1. The van der Waals surface area contributed by atoms with Crippen LogP contribution in [0.2, 0.25) is 5.02 Å². The molecule has 1 fully saturated rings. The molecular weight excluding hydrogens is 416 g/mol. The molecule has 2 atom stereocenters. The normalized spacial score (nSPS) is 18.5. The van der Waals surface area contributed by atoms with E-state index >= 15 is 0 Å². The number of carbonyl (C=O) groups excluding carboxylic acids is 1. The molecule has 0 radical (unpaired) electrons. The van der Waals surface area contributed by atoms with Gasteiger partial charge in [-0.1, -0.05) is 77.3 Å². The average molecular weight is 447 g/mol. The topological polar surface area (TPSA) is 32.3 Å². The SMILES string of the molecule is Cc1cc(C)cc(C(=O)N2CC[C@H](NCc3ccccc3Cl)C[C@H]2Cc2ccccc2)c1. The van der Waals surface area contributed by atoms with Crippen molar-refractivity contribution in [1.29, 1.82) is 0 Å². The molecule has 3 aromatic carbocycles. The van der Waals surface area contributed by atoms with Gasteiger partial charge in [-0.15, -0.1) is 0 Å². The predicted octanol–water partition coefficient (Wildman–Crippen LogP) is 5.96. The third-order valence-electron chi connectivity index (χ3n) is 6.30. The molecule has 1 amide bonds. The quantitative estimate of drug-likeness (QED) is 0.506. The number of aryl methyl sites for hydroxylation is 2. The number of amides is 1. The summed E-state index contributed by atoms with van der Waals surface area (Å²) in [5.74, 6) is 0.141. The Bertz CT molecular complexity index is 1050. The van der Waals surface area contributed by atoms with Crippen LogP contribution in [0.25, 0.3) is 0 Å². The minimum atomic E-state index is 0.141. The van der Waals surface area contributed by atoms with Crippen molar-refractivity contribution >= 4 is 17.5 Å². The monoisotopic (exact) mass is 446 g/mol. The van der Waals surface area contributed by atoms with Crippen molar-refractivity contribution < 1.29 is 4.79 Å². The number of piperidine rings is 1. The van der Waals surface area contributed by atoms with Crippen LogP contribution in [0.15, 0.2) is 72.8 Å². The van der Waals surface area contributed by atoms with Gasteiger partial charge in [0.15, 0.2) is 0 Å². The summed E-state index contributed by atoms with van der Waals surface area (Å²) < 4.78 is 0. The van der Waals surface area contributed by atoms with E-state index in [9.17, 15) is 4.79 Å². The number of halogens is 1. The van der Waals surface area contributed by atoms with Crippen LogP contribution in [-0.2, 0) is 13.0 Å². The van der Waals surface area contributed by atoms with Gasteiger partial charge in [0.25, 0.3) is 5.91 Å². The molecule has 32 heavy (non-hydrogen) atoms. The fourth-order valence-electron chi connectivity index (χ4n) is 4.74. The molecule has 1 aliphatic heterocycles. The van der Waals surface area contributed by atoms with E-state index in [1.54, 1.807) is 0 Å². The van der Waals surface area contributed by atoms with Gasteiger partial charge in [-0.25, -0.2) is 0 Å². The van der Waals surface area contributed by atoms with Crippen LogP contribution in [-0.4, -0.2) is 29.4 Å². The Morgan fingerprint density at radius 2 is 1.69 bits per heavy atom. The number of hydrogen-bond acceptors (Lipinski definition) is 2. The lowest BCUT2D eigenvalue weighted by Gasteiger charge is -2.40. The number of likely N-dealkylation sites (tertiary alicyclic amines) is 1. The molecule has 3 aromatic rings. The van der Waals surface area contributed by atoms with Gasteiger partial charge in [0.2, 0.25) is 0 Å². The van der Waals surface area contributed by atoms with Gasteiger partial charge >= 0.3 is 0 Å². The van der Waals surface area contributed by atoms with Crippen LogP contribution >= 0.6 is 11.6 Å². The molecular formula is C28H31ClN2O. The summed E-state index contributed by atoms with van der Waals surface area (Å²) in [6.07, 6.45) is 2.73. The number of hydrogen-bond donors (Lipinski definition) is 1. The molecule has 0 bridgehead atoms. The van der Waals surface area contributed by atoms with E-state index in [2.05, 4.69) is 60.5 Å². The van der Waals surface area contributed by atoms with E-state index in [0.717, 1.165) is 59.6 Å². The maximum atomic E-state index is 13.5. The molecule has 0 unspecified atom stereocenters. The highest BCUT2D eigenvalue weighted by atomic mass is 35.5. The lowest BCUT2D eigenvalue weighted by atomic mass is 9.91. The zero-order valence-corrected chi connectivity index (χ0v) is 19.6. The molecule has 1 heterocycles. The summed E-state index contributed by atoms with van der Waals surface area (Å²) in [4.78, 5) is 15.6. The van der Waals surface area contributed by atoms with Crippen molar-refractivity contribution in [2.75, 3.05) is 6.54 Å². The van der Waals surface area contributed by atoms with Crippen LogP contribution in [0, 0.1) is 13.8 Å². The van der Waals surface area contributed by atoms with Gasteiger partial charge in [0, 0.05) is 35.8 Å². The van der Waals surface area contributed by atoms with Crippen molar-refractivity contribution in [3.63, 3.8) is 0 Å². The van der Waals surface area contributed by atoms with E-state index in [-0.39, 0.29) is 11.9 Å². The van der Waals surface area contributed by atoms with Crippen molar-refractivity contribution in [2.24, 2.45) is 0 Å². The minimum absolute atomic E-state index is 0.141. The Kier molecular flexibility index (Phi) is 7.29. The summed E-state index contributed by atoms with van der Waals surface area (Å²) in [7, 11) is 0. The molecule has 1 aliphatic rings. The Hall–Kier alpha value is -2.62. The number of benzene rings is 3. The first-order chi connectivity index (χ1) is 15.5. The molecule has 0 spiro atoms.